The molecule has 1 amide bonds. The smallest absolute Gasteiger partial charge is 0.253 e. The summed E-state index contributed by atoms with van der Waals surface area (Å²) in [7, 11) is -0.639. The molecule has 168 valence electrons. The Morgan fingerprint density at radius 3 is 2.52 bits per heavy atom. The van der Waals surface area contributed by atoms with E-state index in [9.17, 15) is 13.2 Å². The van der Waals surface area contributed by atoms with Crippen LogP contribution in [0.2, 0.25) is 0 Å². The predicted octanol–water partition coefficient (Wildman–Crippen LogP) is 2.73. The molecule has 1 heterocycles. The number of carbonyl (C=O) groups excluding carboxylic acids is 1. The molecule has 0 aliphatic carbocycles. The van der Waals surface area contributed by atoms with Crippen LogP contribution in [-0.2, 0) is 21.2 Å². The lowest BCUT2D eigenvalue weighted by Crippen LogP contribution is -2.41. The third-order valence-corrected chi connectivity index (χ3v) is 7.68. The van der Waals surface area contributed by atoms with Crippen molar-refractivity contribution in [3.8, 4) is 5.75 Å². The average Bonchev–Trinajstić information content (AvgIpc) is 2.79. The minimum Gasteiger partial charge on any atom is -0.495 e. The monoisotopic (exact) mass is 446 g/mol. The number of sulfonamides is 1. The maximum Gasteiger partial charge on any atom is 0.253 e. The molecule has 31 heavy (non-hydrogen) atoms. The number of ether oxygens (including phenoxy) is 2. The van der Waals surface area contributed by atoms with Crippen molar-refractivity contribution < 1.29 is 22.7 Å². The first-order chi connectivity index (χ1) is 14.8. The van der Waals surface area contributed by atoms with Gasteiger partial charge in [0.2, 0.25) is 10.0 Å². The zero-order valence-corrected chi connectivity index (χ0v) is 19.3. The highest BCUT2D eigenvalue weighted by Gasteiger charge is 2.30. The number of carbonyl (C=O) groups is 1. The number of morpholine rings is 1. The predicted molar refractivity (Wildman–Crippen MR) is 119 cm³/mol. The zero-order chi connectivity index (χ0) is 22.6. The van der Waals surface area contributed by atoms with E-state index in [0.29, 0.717) is 25.2 Å². The maximum atomic E-state index is 13.2. The van der Waals surface area contributed by atoms with Crippen LogP contribution < -0.4 is 4.74 Å². The lowest BCUT2D eigenvalue weighted by molar-refractivity contribution is 0.0728. The van der Waals surface area contributed by atoms with Gasteiger partial charge in [-0.25, -0.2) is 8.42 Å². The number of aryl methyl sites for hydroxylation is 1. The molecule has 2 aromatic rings. The molecule has 1 fully saturated rings. The van der Waals surface area contributed by atoms with Crippen molar-refractivity contribution in [2.75, 3.05) is 40.5 Å². The molecule has 1 aliphatic heterocycles. The summed E-state index contributed by atoms with van der Waals surface area (Å²) in [4.78, 5) is 14.8. The summed E-state index contributed by atoms with van der Waals surface area (Å²) < 4.78 is 38.3. The van der Waals surface area contributed by atoms with E-state index in [1.807, 2.05) is 19.1 Å². The van der Waals surface area contributed by atoms with Gasteiger partial charge < -0.3 is 14.4 Å². The number of methoxy groups -OCH3 is 1. The second-order valence-corrected chi connectivity index (χ2v) is 9.68. The van der Waals surface area contributed by atoms with Gasteiger partial charge in [0.15, 0.2) is 0 Å². The number of amides is 1. The molecule has 0 radical (unpaired) electrons. The standard InChI is InChI=1S/C23H30N2O5S/c1-17-7-5-6-8-19(17)15-18(2)24(3)23(26)20-9-10-21(29-4)22(16-20)31(27,28)25-11-13-30-14-12-25/h5-10,16,18H,11-15H2,1-4H3. The van der Waals surface area contributed by atoms with Gasteiger partial charge in [-0.15, -0.1) is 0 Å². The third kappa shape index (κ3) is 5.08. The highest BCUT2D eigenvalue weighted by atomic mass is 32.2. The Morgan fingerprint density at radius 2 is 1.87 bits per heavy atom. The number of hydrogen-bond acceptors (Lipinski definition) is 5. The van der Waals surface area contributed by atoms with Gasteiger partial charge in [0.1, 0.15) is 10.6 Å². The minimum absolute atomic E-state index is 0.00251. The maximum absolute atomic E-state index is 13.2. The Labute approximate surface area is 184 Å². The van der Waals surface area contributed by atoms with Crippen LogP contribution in [0.4, 0.5) is 0 Å². The number of benzene rings is 2. The summed E-state index contributed by atoms with van der Waals surface area (Å²) in [6.45, 7) is 5.28. The van der Waals surface area contributed by atoms with Crippen LogP contribution in [0.5, 0.6) is 5.75 Å². The highest BCUT2D eigenvalue weighted by molar-refractivity contribution is 7.89. The number of rotatable bonds is 7. The second-order valence-electron chi connectivity index (χ2n) is 7.78. The van der Waals surface area contributed by atoms with Gasteiger partial charge in [-0.3, -0.25) is 4.79 Å². The van der Waals surface area contributed by atoms with Gasteiger partial charge in [0, 0.05) is 31.7 Å². The van der Waals surface area contributed by atoms with E-state index < -0.39 is 10.0 Å². The molecule has 1 saturated heterocycles. The van der Waals surface area contributed by atoms with Gasteiger partial charge in [0.05, 0.1) is 20.3 Å². The van der Waals surface area contributed by atoms with Crippen molar-refractivity contribution in [2.45, 2.75) is 31.2 Å². The van der Waals surface area contributed by atoms with Gasteiger partial charge in [-0.2, -0.15) is 4.31 Å². The Balaban J connectivity index is 1.86. The van der Waals surface area contributed by atoms with E-state index >= 15 is 0 Å². The quantitative estimate of drug-likeness (QED) is 0.654. The first-order valence-electron chi connectivity index (χ1n) is 10.3. The van der Waals surface area contributed by atoms with Crippen molar-refractivity contribution in [3.63, 3.8) is 0 Å². The normalized spacial score (nSPS) is 16.0. The topological polar surface area (TPSA) is 76.2 Å². The van der Waals surface area contributed by atoms with Crippen LogP contribution in [0, 0.1) is 6.92 Å². The largest absolute Gasteiger partial charge is 0.495 e. The van der Waals surface area contributed by atoms with Crippen LogP contribution in [0.15, 0.2) is 47.4 Å². The highest BCUT2D eigenvalue weighted by Crippen LogP contribution is 2.29. The van der Waals surface area contributed by atoms with E-state index in [2.05, 4.69) is 19.1 Å². The van der Waals surface area contributed by atoms with Gasteiger partial charge in [-0.1, -0.05) is 24.3 Å². The van der Waals surface area contributed by atoms with Crippen LogP contribution in [0.1, 0.15) is 28.4 Å². The van der Waals surface area contributed by atoms with Crippen LogP contribution in [-0.4, -0.2) is 70.0 Å². The summed E-state index contributed by atoms with van der Waals surface area (Å²) in [5, 5.41) is 0. The zero-order valence-electron chi connectivity index (χ0n) is 18.5. The molecule has 0 saturated carbocycles. The lowest BCUT2D eigenvalue weighted by atomic mass is 10.0. The van der Waals surface area contributed by atoms with Gasteiger partial charge in [-0.05, 0) is 49.6 Å². The molecule has 1 aliphatic rings. The number of likely N-dealkylation sites (N-methyl/N-ethyl adjacent to an activating group) is 1. The number of hydrogen-bond donors (Lipinski definition) is 0. The molecule has 1 atom stereocenters. The second kappa shape index (κ2) is 9.80. The number of nitrogens with zero attached hydrogens (tertiary/aromatic N) is 2. The summed E-state index contributed by atoms with van der Waals surface area (Å²) in [5.74, 6) is -0.0131. The molecule has 0 N–H and O–H groups in total. The van der Waals surface area contributed by atoms with E-state index in [1.165, 1.54) is 28.6 Å². The Hall–Kier alpha value is -2.42. The third-order valence-electron chi connectivity index (χ3n) is 5.76. The average molecular weight is 447 g/mol. The molecule has 7 nitrogen and oxygen atoms in total. The summed E-state index contributed by atoms with van der Waals surface area (Å²) in [6.07, 6.45) is 0.712. The van der Waals surface area contributed by atoms with Gasteiger partial charge in [0.25, 0.3) is 5.91 Å². The van der Waals surface area contributed by atoms with E-state index in [0.717, 1.165) is 0 Å². The fourth-order valence-electron chi connectivity index (χ4n) is 3.64. The molecule has 0 aromatic heterocycles. The van der Waals surface area contributed by atoms with E-state index in [1.54, 1.807) is 24.1 Å². The SMILES string of the molecule is COc1ccc(C(=O)N(C)C(C)Cc2ccccc2C)cc1S(=O)(=O)N1CCOCC1. The van der Waals surface area contributed by atoms with E-state index in [4.69, 9.17) is 9.47 Å². The molecule has 3 rings (SSSR count). The molecule has 1 unspecified atom stereocenters. The molecular formula is C23H30N2O5S. The Bertz CT molecular complexity index is 1030. The van der Waals surface area contributed by atoms with Crippen LogP contribution in [0.3, 0.4) is 0 Å². The minimum atomic E-state index is -3.80. The fourth-order valence-corrected chi connectivity index (χ4v) is 5.22. The van der Waals surface area contributed by atoms with Crippen LogP contribution >= 0.6 is 0 Å². The molecule has 8 heteroatoms. The molecule has 2 aromatic carbocycles. The van der Waals surface area contributed by atoms with Crippen molar-refractivity contribution in [1.82, 2.24) is 9.21 Å². The molecular weight excluding hydrogens is 416 g/mol. The van der Waals surface area contributed by atoms with Gasteiger partial charge >= 0.3 is 0 Å². The van der Waals surface area contributed by atoms with Crippen molar-refractivity contribution >= 4 is 15.9 Å². The summed E-state index contributed by atoms with van der Waals surface area (Å²) in [6, 6.07) is 12.6. The first kappa shape index (κ1) is 23.2. The van der Waals surface area contributed by atoms with Crippen molar-refractivity contribution in [2.24, 2.45) is 0 Å². The summed E-state index contributed by atoms with van der Waals surface area (Å²) in [5.41, 5.74) is 2.67. The Morgan fingerprint density at radius 1 is 1.19 bits per heavy atom. The molecule has 0 bridgehead atoms. The summed E-state index contributed by atoms with van der Waals surface area (Å²) >= 11 is 0. The van der Waals surface area contributed by atoms with Crippen molar-refractivity contribution in [3.05, 3.63) is 59.2 Å². The fraction of sp³-hybridized carbons (Fsp3) is 0.435. The molecule has 0 spiro atoms. The lowest BCUT2D eigenvalue weighted by Gasteiger charge is -2.28. The van der Waals surface area contributed by atoms with E-state index in [-0.39, 0.29) is 35.7 Å². The first-order valence-corrected chi connectivity index (χ1v) is 11.8. The van der Waals surface area contributed by atoms with Crippen molar-refractivity contribution in [1.29, 1.82) is 0 Å². The van der Waals surface area contributed by atoms with Crippen LogP contribution in [0.25, 0.3) is 0 Å². The Kier molecular flexibility index (Phi) is 7.35.